The molecule has 3 nitrogen and oxygen atoms in total. The summed E-state index contributed by atoms with van der Waals surface area (Å²) in [6.45, 7) is 1.98. The first kappa shape index (κ1) is 11.3. The molecule has 0 aliphatic carbocycles. The van der Waals surface area contributed by atoms with E-state index in [4.69, 9.17) is 5.73 Å². The Morgan fingerprint density at radius 3 is 2.50 bits per heavy atom. The van der Waals surface area contributed by atoms with Gasteiger partial charge in [0.05, 0.1) is 4.47 Å². The molecule has 0 amide bonds. The summed E-state index contributed by atoms with van der Waals surface area (Å²) in [5.74, 6) is 0.291. The van der Waals surface area contributed by atoms with E-state index in [-0.39, 0.29) is 17.5 Å². The minimum Gasteiger partial charge on any atom is -0.508 e. The molecule has 0 heterocycles. The Bertz CT molecular complexity index is 328. The zero-order chi connectivity index (χ0) is 10.7. The molecule has 0 saturated carbocycles. The molecule has 0 aliphatic heterocycles. The molecule has 4 heteroatoms. The largest absolute Gasteiger partial charge is 0.508 e. The molecule has 0 aromatic heterocycles. The van der Waals surface area contributed by atoms with Crippen molar-refractivity contribution in [2.75, 3.05) is 0 Å². The molecule has 1 aromatic rings. The molecule has 1 unspecified atom stereocenters. The molecular formula is C10H14BrNO2. The standard InChI is InChI=1S/C10H14BrNO2/c1-2-6(12)5-7-8(13)3-4-9(14)10(7)11/h3-4,6,13-14H,2,5,12H2,1H3. The lowest BCUT2D eigenvalue weighted by Gasteiger charge is -2.12. The van der Waals surface area contributed by atoms with Gasteiger partial charge in [-0.1, -0.05) is 6.92 Å². The van der Waals surface area contributed by atoms with Crippen LogP contribution in [0.3, 0.4) is 0 Å². The zero-order valence-corrected chi connectivity index (χ0v) is 9.58. The van der Waals surface area contributed by atoms with Gasteiger partial charge in [-0.3, -0.25) is 0 Å². The van der Waals surface area contributed by atoms with Crippen molar-refractivity contribution >= 4 is 15.9 Å². The average molecular weight is 260 g/mol. The van der Waals surface area contributed by atoms with Crippen molar-refractivity contribution in [2.45, 2.75) is 25.8 Å². The van der Waals surface area contributed by atoms with Crippen LogP contribution in [0.5, 0.6) is 11.5 Å². The number of phenolic OH excluding ortho intramolecular Hbond substituents is 2. The number of halogens is 1. The number of hydrogen-bond donors (Lipinski definition) is 3. The molecule has 1 rings (SSSR count). The van der Waals surface area contributed by atoms with Gasteiger partial charge in [0.2, 0.25) is 0 Å². The summed E-state index contributed by atoms with van der Waals surface area (Å²) in [5, 5.41) is 19.0. The number of rotatable bonds is 3. The van der Waals surface area contributed by atoms with Gasteiger partial charge in [-0.25, -0.2) is 0 Å². The number of benzene rings is 1. The molecule has 0 bridgehead atoms. The van der Waals surface area contributed by atoms with E-state index >= 15 is 0 Å². The molecule has 0 aliphatic rings. The monoisotopic (exact) mass is 259 g/mol. The molecule has 14 heavy (non-hydrogen) atoms. The Kier molecular flexibility index (Phi) is 3.77. The van der Waals surface area contributed by atoms with Crippen LogP contribution in [0.25, 0.3) is 0 Å². The number of nitrogens with two attached hydrogens (primary N) is 1. The van der Waals surface area contributed by atoms with Gasteiger partial charge in [0.15, 0.2) is 0 Å². The lowest BCUT2D eigenvalue weighted by molar-refractivity contribution is 0.447. The summed E-state index contributed by atoms with van der Waals surface area (Å²) in [6, 6.07) is 2.91. The molecule has 78 valence electrons. The fourth-order valence-electron chi connectivity index (χ4n) is 1.20. The predicted molar refractivity (Wildman–Crippen MR) is 59.4 cm³/mol. The second kappa shape index (κ2) is 4.66. The van der Waals surface area contributed by atoms with Crippen molar-refractivity contribution in [3.05, 3.63) is 22.2 Å². The van der Waals surface area contributed by atoms with Crippen LogP contribution < -0.4 is 5.73 Å². The SMILES string of the molecule is CCC(N)Cc1c(O)ccc(O)c1Br. The molecule has 1 aromatic carbocycles. The fourth-order valence-corrected chi connectivity index (χ4v) is 1.70. The van der Waals surface area contributed by atoms with Crippen LogP contribution >= 0.6 is 15.9 Å². The third-order valence-corrected chi connectivity index (χ3v) is 3.07. The summed E-state index contributed by atoms with van der Waals surface area (Å²) in [6.07, 6.45) is 1.39. The Hall–Kier alpha value is -0.740. The average Bonchev–Trinajstić information content (AvgIpc) is 2.18. The van der Waals surface area contributed by atoms with Crippen LogP contribution in [-0.4, -0.2) is 16.3 Å². The van der Waals surface area contributed by atoms with Crippen molar-refractivity contribution < 1.29 is 10.2 Å². The molecule has 4 N–H and O–H groups in total. The summed E-state index contributed by atoms with van der Waals surface area (Å²) < 4.78 is 0.529. The van der Waals surface area contributed by atoms with Gasteiger partial charge >= 0.3 is 0 Å². The lowest BCUT2D eigenvalue weighted by Crippen LogP contribution is -2.21. The van der Waals surface area contributed by atoms with Gasteiger partial charge in [0, 0.05) is 11.6 Å². The van der Waals surface area contributed by atoms with E-state index in [9.17, 15) is 10.2 Å². The van der Waals surface area contributed by atoms with Crippen LogP contribution in [0, 0.1) is 0 Å². The predicted octanol–water partition coefficient (Wildman–Crippen LogP) is 2.14. The highest BCUT2D eigenvalue weighted by Gasteiger charge is 2.12. The van der Waals surface area contributed by atoms with Gasteiger partial charge in [-0.05, 0) is 40.9 Å². The highest BCUT2D eigenvalue weighted by Crippen LogP contribution is 2.34. The zero-order valence-electron chi connectivity index (χ0n) is 8.00. The maximum Gasteiger partial charge on any atom is 0.130 e. The second-order valence-electron chi connectivity index (χ2n) is 3.27. The Labute approximate surface area is 91.7 Å². The molecule has 1 atom stereocenters. The highest BCUT2D eigenvalue weighted by atomic mass is 79.9. The second-order valence-corrected chi connectivity index (χ2v) is 4.06. The van der Waals surface area contributed by atoms with Gasteiger partial charge < -0.3 is 15.9 Å². The van der Waals surface area contributed by atoms with Crippen molar-refractivity contribution in [3.63, 3.8) is 0 Å². The normalized spacial score (nSPS) is 12.8. The van der Waals surface area contributed by atoms with Crippen molar-refractivity contribution in [2.24, 2.45) is 5.73 Å². The molecule has 0 fully saturated rings. The first-order valence-corrected chi connectivity index (χ1v) is 5.30. The van der Waals surface area contributed by atoms with Crippen molar-refractivity contribution in [3.8, 4) is 11.5 Å². The molecule has 0 spiro atoms. The lowest BCUT2D eigenvalue weighted by atomic mass is 10.0. The first-order valence-electron chi connectivity index (χ1n) is 4.51. The Balaban J connectivity index is 3.00. The van der Waals surface area contributed by atoms with Crippen molar-refractivity contribution in [1.29, 1.82) is 0 Å². The fraction of sp³-hybridized carbons (Fsp3) is 0.400. The number of aromatic hydroxyl groups is 2. The molecular weight excluding hydrogens is 246 g/mol. The van der Waals surface area contributed by atoms with E-state index in [0.717, 1.165) is 6.42 Å². The van der Waals surface area contributed by atoms with Gasteiger partial charge in [-0.15, -0.1) is 0 Å². The summed E-state index contributed by atoms with van der Waals surface area (Å²) in [4.78, 5) is 0. The maximum absolute atomic E-state index is 9.56. The quantitative estimate of drug-likeness (QED) is 0.729. The Morgan fingerprint density at radius 2 is 1.93 bits per heavy atom. The van der Waals surface area contributed by atoms with Crippen LogP contribution in [0.15, 0.2) is 16.6 Å². The van der Waals surface area contributed by atoms with Gasteiger partial charge in [0.25, 0.3) is 0 Å². The topological polar surface area (TPSA) is 66.5 Å². The van der Waals surface area contributed by atoms with Crippen LogP contribution in [0.2, 0.25) is 0 Å². The first-order chi connectivity index (χ1) is 6.56. The minimum atomic E-state index is -0.000926. The van der Waals surface area contributed by atoms with Gasteiger partial charge in [-0.2, -0.15) is 0 Å². The smallest absolute Gasteiger partial charge is 0.130 e. The minimum absolute atomic E-state index is 0.000926. The Morgan fingerprint density at radius 1 is 1.36 bits per heavy atom. The van der Waals surface area contributed by atoms with E-state index < -0.39 is 0 Å². The van der Waals surface area contributed by atoms with Crippen LogP contribution in [-0.2, 0) is 6.42 Å². The third-order valence-electron chi connectivity index (χ3n) is 2.19. The number of phenols is 2. The van der Waals surface area contributed by atoms with Crippen molar-refractivity contribution in [1.82, 2.24) is 0 Å². The van der Waals surface area contributed by atoms with Crippen LogP contribution in [0.4, 0.5) is 0 Å². The van der Waals surface area contributed by atoms with E-state index in [2.05, 4.69) is 15.9 Å². The summed E-state index contributed by atoms with van der Waals surface area (Å²) in [7, 11) is 0. The van der Waals surface area contributed by atoms with E-state index in [0.29, 0.717) is 16.5 Å². The molecule has 0 saturated heterocycles. The van der Waals surface area contributed by atoms with E-state index in [1.54, 1.807) is 0 Å². The van der Waals surface area contributed by atoms with Gasteiger partial charge in [0.1, 0.15) is 11.5 Å². The van der Waals surface area contributed by atoms with E-state index in [1.165, 1.54) is 12.1 Å². The van der Waals surface area contributed by atoms with E-state index in [1.807, 2.05) is 6.92 Å². The summed E-state index contributed by atoms with van der Waals surface area (Å²) >= 11 is 3.22. The third kappa shape index (κ3) is 2.39. The summed E-state index contributed by atoms with van der Waals surface area (Å²) in [5.41, 5.74) is 6.45. The maximum atomic E-state index is 9.56. The van der Waals surface area contributed by atoms with Crippen LogP contribution in [0.1, 0.15) is 18.9 Å². The number of hydrogen-bond acceptors (Lipinski definition) is 3. The highest BCUT2D eigenvalue weighted by molar-refractivity contribution is 9.10. The molecule has 0 radical (unpaired) electrons.